The van der Waals surface area contributed by atoms with E-state index in [4.69, 9.17) is 18.9 Å². The minimum absolute atomic E-state index is 0.487. The van der Waals surface area contributed by atoms with E-state index in [-0.39, 0.29) is 0 Å². The van der Waals surface area contributed by atoms with Crippen LogP contribution in [0.15, 0.2) is 41.8 Å². The SMILES string of the molecule is COc1ccc(CNCc2ccc(OCc3csc(C)n3)cc2)c(OC)c1OC. The first-order chi connectivity index (χ1) is 14.1. The van der Waals surface area contributed by atoms with Crippen LogP contribution >= 0.6 is 11.3 Å². The third kappa shape index (κ3) is 5.40. The van der Waals surface area contributed by atoms with Crippen molar-refractivity contribution in [2.45, 2.75) is 26.6 Å². The van der Waals surface area contributed by atoms with Crippen molar-refractivity contribution in [2.24, 2.45) is 0 Å². The molecule has 0 saturated carbocycles. The Balaban J connectivity index is 1.54. The van der Waals surface area contributed by atoms with E-state index in [9.17, 15) is 0 Å². The minimum atomic E-state index is 0.487. The molecule has 0 fully saturated rings. The quantitative estimate of drug-likeness (QED) is 0.532. The van der Waals surface area contributed by atoms with E-state index in [1.54, 1.807) is 32.7 Å². The fraction of sp³-hybridized carbons (Fsp3) is 0.318. The third-order valence-corrected chi connectivity index (χ3v) is 5.23. The lowest BCUT2D eigenvalue weighted by Crippen LogP contribution is -2.13. The molecule has 0 aliphatic heterocycles. The van der Waals surface area contributed by atoms with Gasteiger partial charge in [0, 0.05) is 24.0 Å². The molecule has 1 N–H and O–H groups in total. The van der Waals surface area contributed by atoms with Crippen LogP contribution in [0.25, 0.3) is 0 Å². The van der Waals surface area contributed by atoms with Crippen LogP contribution in [-0.2, 0) is 19.7 Å². The predicted molar refractivity (Wildman–Crippen MR) is 114 cm³/mol. The Morgan fingerprint density at radius 3 is 2.28 bits per heavy atom. The van der Waals surface area contributed by atoms with Gasteiger partial charge in [0.05, 0.1) is 32.0 Å². The molecule has 6 nitrogen and oxygen atoms in total. The predicted octanol–water partition coefficient (Wildman–Crippen LogP) is 4.35. The van der Waals surface area contributed by atoms with Crippen LogP contribution in [0.4, 0.5) is 0 Å². The lowest BCUT2D eigenvalue weighted by atomic mass is 10.1. The number of hydrogen-bond donors (Lipinski definition) is 1. The Bertz CT molecular complexity index is 925. The van der Waals surface area contributed by atoms with Gasteiger partial charge in [0.1, 0.15) is 12.4 Å². The summed E-state index contributed by atoms with van der Waals surface area (Å²) < 4.78 is 22.1. The topological polar surface area (TPSA) is 61.8 Å². The van der Waals surface area contributed by atoms with E-state index in [0.717, 1.165) is 28.6 Å². The van der Waals surface area contributed by atoms with Crippen molar-refractivity contribution in [2.75, 3.05) is 21.3 Å². The van der Waals surface area contributed by atoms with Gasteiger partial charge in [0.15, 0.2) is 11.5 Å². The maximum Gasteiger partial charge on any atom is 0.203 e. The molecule has 0 saturated heterocycles. The van der Waals surface area contributed by atoms with Crippen molar-refractivity contribution >= 4 is 11.3 Å². The number of nitrogens with one attached hydrogen (secondary N) is 1. The molecule has 29 heavy (non-hydrogen) atoms. The summed E-state index contributed by atoms with van der Waals surface area (Å²) in [5.74, 6) is 2.77. The van der Waals surface area contributed by atoms with E-state index in [0.29, 0.717) is 30.4 Å². The number of thiazole rings is 1. The Morgan fingerprint density at radius 1 is 0.897 bits per heavy atom. The molecular formula is C22H26N2O4S. The first kappa shape index (κ1) is 21.0. The van der Waals surface area contributed by atoms with Crippen LogP contribution in [0, 0.1) is 6.92 Å². The lowest BCUT2D eigenvalue weighted by Gasteiger charge is -2.16. The molecule has 3 rings (SSSR count). The van der Waals surface area contributed by atoms with Crippen molar-refractivity contribution in [3.8, 4) is 23.0 Å². The third-order valence-electron chi connectivity index (χ3n) is 4.41. The van der Waals surface area contributed by atoms with Gasteiger partial charge in [0.2, 0.25) is 5.75 Å². The number of aromatic nitrogens is 1. The van der Waals surface area contributed by atoms with E-state index in [1.165, 1.54) is 5.56 Å². The number of rotatable bonds is 10. The standard InChI is InChI=1S/C22H26N2O4S/c1-15-24-18(14-29-15)13-28-19-8-5-16(6-9-19)11-23-12-17-7-10-20(25-2)22(27-4)21(17)26-3/h5-10,14,23H,11-13H2,1-4H3. The van der Waals surface area contributed by atoms with Crippen LogP contribution < -0.4 is 24.3 Å². The largest absolute Gasteiger partial charge is 0.493 e. The highest BCUT2D eigenvalue weighted by Crippen LogP contribution is 2.39. The van der Waals surface area contributed by atoms with Gasteiger partial charge in [-0.25, -0.2) is 4.98 Å². The Kier molecular flexibility index (Phi) is 7.32. The number of methoxy groups -OCH3 is 3. The van der Waals surface area contributed by atoms with E-state index < -0.39 is 0 Å². The van der Waals surface area contributed by atoms with E-state index >= 15 is 0 Å². The Labute approximate surface area is 175 Å². The average molecular weight is 415 g/mol. The van der Waals surface area contributed by atoms with Crippen molar-refractivity contribution in [3.63, 3.8) is 0 Å². The highest BCUT2D eigenvalue weighted by atomic mass is 32.1. The van der Waals surface area contributed by atoms with Crippen LogP contribution in [0.2, 0.25) is 0 Å². The van der Waals surface area contributed by atoms with Gasteiger partial charge in [-0.05, 0) is 30.7 Å². The summed E-state index contributed by atoms with van der Waals surface area (Å²) in [4.78, 5) is 4.41. The fourth-order valence-electron chi connectivity index (χ4n) is 2.98. The molecule has 1 aromatic heterocycles. The van der Waals surface area contributed by atoms with Crippen molar-refractivity contribution < 1.29 is 18.9 Å². The molecule has 2 aromatic carbocycles. The summed E-state index contributed by atoms with van der Waals surface area (Å²) >= 11 is 1.63. The molecule has 0 radical (unpaired) electrons. The van der Waals surface area contributed by atoms with Gasteiger partial charge >= 0.3 is 0 Å². The smallest absolute Gasteiger partial charge is 0.203 e. The second kappa shape index (κ2) is 10.1. The second-order valence-electron chi connectivity index (χ2n) is 6.39. The van der Waals surface area contributed by atoms with Gasteiger partial charge < -0.3 is 24.3 Å². The highest BCUT2D eigenvalue weighted by Gasteiger charge is 2.15. The zero-order valence-corrected chi connectivity index (χ0v) is 18.0. The summed E-state index contributed by atoms with van der Waals surface area (Å²) in [5.41, 5.74) is 3.13. The molecule has 154 valence electrons. The van der Waals surface area contributed by atoms with Crippen molar-refractivity contribution in [3.05, 3.63) is 63.6 Å². The van der Waals surface area contributed by atoms with E-state index in [1.807, 2.05) is 36.6 Å². The van der Waals surface area contributed by atoms with Gasteiger partial charge in [-0.2, -0.15) is 0 Å². The van der Waals surface area contributed by atoms with Crippen LogP contribution in [0.1, 0.15) is 21.8 Å². The average Bonchev–Trinajstić information content (AvgIpc) is 3.17. The lowest BCUT2D eigenvalue weighted by molar-refractivity contribution is 0.302. The van der Waals surface area contributed by atoms with Crippen molar-refractivity contribution in [1.29, 1.82) is 0 Å². The first-order valence-corrected chi connectivity index (χ1v) is 10.1. The summed E-state index contributed by atoms with van der Waals surface area (Å²) in [6.45, 7) is 3.85. The van der Waals surface area contributed by atoms with Crippen LogP contribution in [0.3, 0.4) is 0 Å². The second-order valence-corrected chi connectivity index (χ2v) is 7.45. The summed E-state index contributed by atoms with van der Waals surface area (Å²) in [7, 11) is 4.85. The summed E-state index contributed by atoms with van der Waals surface area (Å²) in [6.07, 6.45) is 0. The monoisotopic (exact) mass is 414 g/mol. The van der Waals surface area contributed by atoms with Crippen LogP contribution in [-0.4, -0.2) is 26.3 Å². The molecule has 7 heteroatoms. The highest BCUT2D eigenvalue weighted by molar-refractivity contribution is 7.09. The molecule has 0 aliphatic carbocycles. The maximum absolute atomic E-state index is 5.79. The molecular weight excluding hydrogens is 388 g/mol. The Morgan fingerprint density at radius 2 is 1.66 bits per heavy atom. The normalized spacial score (nSPS) is 10.6. The maximum atomic E-state index is 5.79. The van der Waals surface area contributed by atoms with Gasteiger partial charge in [0.25, 0.3) is 0 Å². The van der Waals surface area contributed by atoms with Crippen LogP contribution in [0.5, 0.6) is 23.0 Å². The molecule has 0 aliphatic rings. The number of aryl methyl sites for hydroxylation is 1. The first-order valence-electron chi connectivity index (χ1n) is 9.26. The molecule has 0 unspecified atom stereocenters. The summed E-state index contributed by atoms with van der Waals surface area (Å²) in [5, 5.41) is 6.51. The number of benzene rings is 2. The molecule has 0 amide bonds. The van der Waals surface area contributed by atoms with Gasteiger partial charge in [-0.15, -0.1) is 11.3 Å². The molecule has 0 atom stereocenters. The van der Waals surface area contributed by atoms with Crippen molar-refractivity contribution in [1.82, 2.24) is 10.3 Å². The number of ether oxygens (including phenoxy) is 4. The minimum Gasteiger partial charge on any atom is -0.493 e. The Hall–Kier alpha value is -2.77. The zero-order chi connectivity index (χ0) is 20.6. The van der Waals surface area contributed by atoms with Gasteiger partial charge in [-0.1, -0.05) is 18.2 Å². The molecule has 0 bridgehead atoms. The number of nitrogens with zero attached hydrogens (tertiary/aromatic N) is 1. The molecule has 0 spiro atoms. The molecule has 1 heterocycles. The summed E-state index contributed by atoms with van der Waals surface area (Å²) in [6, 6.07) is 11.9. The molecule has 3 aromatic rings. The zero-order valence-electron chi connectivity index (χ0n) is 17.2. The fourth-order valence-corrected chi connectivity index (χ4v) is 3.58. The number of hydrogen-bond acceptors (Lipinski definition) is 7. The van der Waals surface area contributed by atoms with E-state index in [2.05, 4.69) is 22.4 Å². The van der Waals surface area contributed by atoms with Gasteiger partial charge in [-0.3, -0.25) is 0 Å².